The third kappa shape index (κ3) is 4.86. The van der Waals surface area contributed by atoms with Gasteiger partial charge in [0.2, 0.25) is 0 Å². The molecule has 0 spiro atoms. The lowest BCUT2D eigenvalue weighted by Crippen LogP contribution is -2.36. The van der Waals surface area contributed by atoms with Gasteiger partial charge in [-0.25, -0.2) is 8.42 Å². The molecular weight excluding hydrogens is 388 g/mol. The minimum absolute atomic E-state index is 0.169. The number of hydrogen-bond donors (Lipinski definition) is 0. The van der Waals surface area contributed by atoms with Gasteiger partial charge in [-0.15, -0.1) is 0 Å². The molecule has 2 rings (SSSR count). The Morgan fingerprint density at radius 1 is 1.25 bits per heavy atom. The number of rotatable bonds is 9. The van der Waals surface area contributed by atoms with Crippen molar-refractivity contribution in [3.63, 3.8) is 0 Å². The summed E-state index contributed by atoms with van der Waals surface area (Å²) in [6.45, 7) is 3.21. The molecule has 0 saturated carbocycles. The molecule has 148 valence electrons. The van der Waals surface area contributed by atoms with Crippen LogP contribution in [-0.4, -0.2) is 39.6 Å². The van der Waals surface area contributed by atoms with Crippen LogP contribution in [0.3, 0.4) is 0 Å². The molecule has 0 amide bonds. The molecule has 0 bridgehead atoms. The molecule has 2 aromatic rings. The van der Waals surface area contributed by atoms with E-state index >= 15 is 0 Å². The number of nitrogens with zero attached hydrogens (tertiary/aromatic N) is 2. The number of carbonyl (C=O) groups is 1. The highest BCUT2D eigenvalue weighted by Crippen LogP contribution is 2.27. The van der Waals surface area contributed by atoms with Crippen LogP contribution in [0.2, 0.25) is 0 Å². The van der Waals surface area contributed by atoms with Crippen LogP contribution in [0.1, 0.15) is 0 Å². The van der Waals surface area contributed by atoms with E-state index in [1.54, 1.807) is 6.08 Å². The molecule has 0 radical (unpaired) electrons. The molecular formula is C18H18N2O7S. The Morgan fingerprint density at radius 3 is 2.50 bits per heavy atom. The number of nitro benzene ring substituents is 1. The van der Waals surface area contributed by atoms with Crippen molar-refractivity contribution in [3.05, 3.63) is 71.3 Å². The molecule has 0 aliphatic carbocycles. The van der Waals surface area contributed by atoms with E-state index in [1.165, 1.54) is 42.5 Å². The maximum Gasteiger partial charge on any atom is 0.326 e. The van der Waals surface area contributed by atoms with Crippen molar-refractivity contribution in [2.45, 2.75) is 4.90 Å². The van der Waals surface area contributed by atoms with Crippen molar-refractivity contribution in [2.24, 2.45) is 0 Å². The van der Waals surface area contributed by atoms with Crippen molar-refractivity contribution >= 4 is 27.4 Å². The topological polar surface area (TPSA) is 116 Å². The highest BCUT2D eigenvalue weighted by atomic mass is 32.2. The Balaban J connectivity index is 2.47. The van der Waals surface area contributed by atoms with E-state index in [9.17, 15) is 23.3 Å². The number of carbonyl (C=O) groups excluding carboxylic acids is 1. The predicted molar refractivity (Wildman–Crippen MR) is 102 cm³/mol. The van der Waals surface area contributed by atoms with Crippen molar-refractivity contribution < 1.29 is 27.6 Å². The van der Waals surface area contributed by atoms with Gasteiger partial charge in [-0.3, -0.25) is 19.2 Å². The summed E-state index contributed by atoms with van der Waals surface area (Å²) in [5.41, 5.74) is -0.213. The second-order valence-electron chi connectivity index (χ2n) is 5.44. The minimum Gasteiger partial charge on any atom is -0.490 e. The molecule has 2 aromatic carbocycles. The number of sulfonamides is 1. The number of nitro groups is 1. The van der Waals surface area contributed by atoms with Crippen molar-refractivity contribution in [3.8, 4) is 5.75 Å². The normalized spacial score (nSPS) is 10.8. The summed E-state index contributed by atoms with van der Waals surface area (Å²) >= 11 is 0. The minimum atomic E-state index is -4.27. The predicted octanol–water partition coefficient (Wildman–Crippen LogP) is 2.53. The maximum absolute atomic E-state index is 13.1. The van der Waals surface area contributed by atoms with Gasteiger partial charge in [-0.05, 0) is 30.3 Å². The Hall–Kier alpha value is -3.40. The molecule has 0 aliphatic heterocycles. The molecule has 0 unspecified atom stereocenters. The van der Waals surface area contributed by atoms with Crippen LogP contribution in [0.5, 0.6) is 5.75 Å². The van der Waals surface area contributed by atoms with Gasteiger partial charge in [0.1, 0.15) is 18.9 Å². The van der Waals surface area contributed by atoms with Crippen molar-refractivity contribution in [1.29, 1.82) is 0 Å². The summed E-state index contributed by atoms with van der Waals surface area (Å²) in [5.74, 6) is -0.310. The first kappa shape index (κ1) is 20.9. The summed E-state index contributed by atoms with van der Waals surface area (Å²) in [6.07, 6.45) is 1.56. The SMILES string of the molecule is C=CCOc1ccc(N(CC(=O)OC)S(=O)(=O)c2cccc([N+](=O)[O-])c2)cc1. The van der Waals surface area contributed by atoms with Crippen LogP contribution in [0.25, 0.3) is 0 Å². The van der Waals surface area contributed by atoms with E-state index < -0.39 is 27.5 Å². The monoisotopic (exact) mass is 406 g/mol. The molecule has 10 heteroatoms. The number of benzene rings is 2. The summed E-state index contributed by atoms with van der Waals surface area (Å²) in [5, 5.41) is 11.0. The van der Waals surface area contributed by atoms with Crippen LogP contribution in [0.4, 0.5) is 11.4 Å². The largest absolute Gasteiger partial charge is 0.490 e. The molecule has 0 aliphatic rings. The molecule has 0 fully saturated rings. The Labute approximate surface area is 162 Å². The smallest absolute Gasteiger partial charge is 0.326 e. The molecule has 28 heavy (non-hydrogen) atoms. The third-order valence-electron chi connectivity index (χ3n) is 3.61. The molecule has 0 N–H and O–H groups in total. The van der Waals surface area contributed by atoms with Gasteiger partial charge in [0.05, 0.1) is 22.6 Å². The molecule has 0 aromatic heterocycles. The lowest BCUT2D eigenvalue weighted by Gasteiger charge is -2.23. The van der Waals surface area contributed by atoms with E-state index in [0.29, 0.717) is 5.75 Å². The molecule has 0 heterocycles. The second kappa shape index (κ2) is 9.00. The van der Waals surface area contributed by atoms with Crippen molar-refractivity contribution in [2.75, 3.05) is 24.6 Å². The number of anilines is 1. The average molecular weight is 406 g/mol. The molecule has 0 atom stereocenters. The van der Waals surface area contributed by atoms with E-state index in [4.69, 9.17) is 4.74 Å². The summed E-state index contributed by atoms with van der Waals surface area (Å²) < 4.78 is 36.9. The van der Waals surface area contributed by atoms with Gasteiger partial charge in [0.25, 0.3) is 15.7 Å². The highest BCUT2D eigenvalue weighted by molar-refractivity contribution is 7.92. The summed E-state index contributed by atoms with van der Waals surface area (Å²) in [6, 6.07) is 10.6. The van der Waals surface area contributed by atoms with E-state index in [0.717, 1.165) is 17.5 Å². The van der Waals surface area contributed by atoms with Gasteiger partial charge < -0.3 is 9.47 Å². The standard InChI is InChI=1S/C18H18N2O7S/c1-3-11-27-16-9-7-14(8-10-16)19(13-18(21)26-2)28(24,25)17-6-4-5-15(12-17)20(22)23/h3-10,12H,1,11,13H2,2H3. The lowest BCUT2D eigenvalue weighted by molar-refractivity contribution is -0.385. The first-order chi connectivity index (χ1) is 13.3. The number of hydrogen-bond acceptors (Lipinski definition) is 7. The van der Waals surface area contributed by atoms with Gasteiger partial charge in [0, 0.05) is 12.1 Å². The van der Waals surface area contributed by atoms with Gasteiger partial charge in [0.15, 0.2) is 0 Å². The van der Waals surface area contributed by atoms with E-state index in [1.807, 2.05) is 0 Å². The molecule has 0 saturated heterocycles. The van der Waals surface area contributed by atoms with E-state index in [2.05, 4.69) is 11.3 Å². The fourth-order valence-corrected chi connectivity index (χ4v) is 3.69. The Bertz CT molecular complexity index is 972. The Kier molecular flexibility index (Phi) is 6.72. The van der Waals surface area contributed by atoms with Gasteiger partial charge in [-0.2, -0.15) is 0 Å². The van der Waals surface area contributed by atoms with Gasteiger partial charge in [-0.1, -0.05) is 18.7 Å². The van der Waals surface area contributed by atoms with Crippen molar-refractivity contribution in [1.82, 2.24) is 0 Å². The zero-order valence-electron chi connectivity index (χ0n) is 15.0. The number of ether oxygens (including phenoxy) is 2. The second-order valence-corrected chi connectivity index (χ2v) is 7.30. The zero-order chi connectivity index (χ0) is 20.7. The average Bonchev–Trinajstić information content (AvgIpc) is 2.70. The fraction of sp³-hybridized carbons (Fsp3) is 0.167. The van der Waals surface area contributed by atoms with E-state index in [-0.39, 0.29) is 22.9 Å². The first-order valence-corrected chi connectivity index (χ1v) is 9.41. The summed E-state index contributed by atoms with van der Waals surface area (Å²) in [7, 11) is -3.14. The number of non-ortho nitro benzene ring substituents is 1. The first-order valence-electron chi connectivity index (χ1n) is 7.97. The van der Waals surface area contributed by atoms with Crippen LogP contribution >= 0.6 is 0 Å². The fourth-order valence-electron chi connectivity index (χ4n) is 2.25. The van der Waals surface area contributed by atoms with Crippen LogP contribution in [0, 0.1) is 10.1 Å². The molecule has 9 nitrogen and oxygen atoms in total. The lowest BCUT2D eigenvalue weighted by atomic mass is 10.3. The zero-order valence-corrected chi connectivity index (χ0v) is 15.8. The van der Waals surface area contributed by atoms with Crippen LogP contribution in [-0.2, 0) is 19.6 Å². The van der Waals surface area contributed by atoms with Crippen LogP contribution in [0.15, 0.2) is 66.1 Å². The number of esters is 1. The van der Waals surface area contributed by atoms with Gasteiger partial charge >= 0.3 is 5.97 Å². The van der Waals surface area contributed by atoms with Crippen LogP contribution < -0.4 is 9.04 Å². The highest BCUT2D eigenvalue weighted by Gasteiger charge is 2.29. The third-order valence-corrected chi connectivity index (χ3v) is 5.38. The Morgan fingerprint density at radius 2 is 1.93 bits per heavy atom. The summed E-state index contributed by atoms with van der Waals surface area (Å²) in [4.78, 5) is 21.7. The maximum atomic E-state index is 13.1. The number of methoxy groups -OCH3 is 1. The quantitative estimate of drug-likeness (QED) is 0.272.